The van der Waals surface area contributed by atoms with Gasteiger partial charge in [0.05, 0.1) is 22.4 Å². The van der Waals surface area contributed by atoms with E-state index in [1.165, 1.54) is 33.5 Å². The van der Waals surface area contributed by atoms with Gasteiger partial charge in [0.15, 0.2) is 11.6 Å². The fraction of sp³-hybridized carbons (Fsp3) is 0.0926. The lowest BCUT2D eigenvalue weighted by Crippen LogP contribution is -2.30. The molecule has 11 rings (SSSR count). The zero-order valence-corrected chi connectivity index (χ0v) is 33.0. The minimum atomic E-state index is -0.359. The van der Waals surface area contributed by atoms with Crippen LogP contribution in [0.5, 0.6) is 0 Å². The van der Waals surface area contributed by atoms with Gasteiger partial charge in [-0.1, -0.05) is 153 Å². The average Bonchev–Trinajstić information content (AvgIpc) is 3.62. The largest absolute Gasteiger partial charge is 0.310 e. The number of hydrogen-bond donors (Lipinski definition) is 0. The predicted molar refractivity (Wildman–Crippen MR) is 244 cm³/mol. The normalized spacial score (nSPS) is 14.3. The molecule has 0 saturated heterocycles. The lowest BCUT2D eigenvalue weighted by molar-refractivity contribution is 0.633. The Labute approximate surface area is 344 Å². The van der Waals surface area contributed by atoms with Crippen molar-refractivity contribution in [3.63, 3.8) is 0 Å². The molecule has 0 atom stereocenters. The zero-order valence-electron chi connectivity index (χ0n) is 33.0. The third-order valence-electron chi connectivity index (χ3n) is 12.0. The molecule has 1 aliphatic carbocycles. The van der Waals surface area contributed by atoms with Crippen molar-refractivity contribution in [3.05, 3.63) is 205 Å². The van der Waals surface area contributed by atoms with E-state index in [4.69, 9.17) is 15.0 Å². The first-order valence-corrected chi connectivity index (χ1v) is 20.4. The summed E-state index contributed by atoms with van der Waals surface area (Å²) in [5.41, 5.74) is 14.4. The van der Waals surface area contributed by atoms with Crippen LogP contribution in [0.4, 0.5) is 17.1 Å². The molecule has 59 heavy (non-hydrogen) atoms. The number of rotatable bonds is 6. The number of allylic oxidation sites excluding steroid dienone is 4. The predicted octanol–water partition coefficient (Wildman–Crippen LogP) is 13.8. The molecule has 5 heteroatoms. The summed E-state index contributed by atoms with van der Waals surface area (Å²) in [5.74, 6) is 1.93. The molecule has 9 aromatic rings. The number of nitrogens with zero attached hydrogens (tertiary/aromatic N) is 5. The average molecular weight is 760 g/mol. The highest BCUT2D eigenvalue weighted by molar-refractivity contribution is 6.12. The van der Waals surface area contributed by atoms with Gasteiger partial charge in [-0.2, -0.15) is 9.97 Å². The van der Waals surface area contributed by atoms with Crippen LogP contribution in [-0.2, 0) is 5.41 Å². The van der Waals surface area contributed by atoms with Crippen molar-refractivity contribution >= 4 is 44.4 Å². The van der Waals surface area contributed by atoms with Crippen LogP contribution in [0.3, 0.4) is 0 Å². The summed E-state index contributed by atoms with van der Waals surface area (Å²) in [4.78, 5) is 18.1. The van der Waals surface area contributed by atoms with Crippen molar-refractivity contribution in [2.75, 3.05) is 4.90 Å². The van der Waals surface area contributed by atoms with E-state index < -0.39 is 0 Å². The summed E-state index contributed by atoms with van der Waals surface area (Å²) in [5, 5.41) is 2.28. The second kappa shape index (κ2) is 13.9. The third kappa shape index (κ3) is 5.89. The van der Waals surface area contributed by atoms with Crippen LogP contribution in [0.2, 0.25) is 0 Å². The Hall–Kier alpha value is -7.37. The highest BCUT2D eigenvalue weighted by atomic mass is 15.2. The van der Waals surface area contributed by atoms with E-state index in [-0.39, 0.29) is 5.41 Å². The highest BCUT2D eigenvalue weighted by Crippen LogP contribution is 2.54. The van der Waals surface area contributed by atoms with E-state index in [1.54, 1.807) is 0 Å². The Kier molecular flexibility index (Phi) is 8.22. The first-order valence-electron chi connectivity index (χ1n) is 20.4. The first-order chi connectivity index (χ1) is 29.0. The molecule has 0 bridgehead atoms. The van der Waals surface area contributed by atoms with E-state index in [0.717, 1.165) is 62.7 Å². The molecular formula is C54H41N5. The van der Waals surface area contributed by atoms with Crippen molar-refractivity contribution in [2.24, 2.45) is 0 Å². The number of hydrogen-bond acceptors (Lipinski definition) is 4. The van der Waals surface area contributed by atoms with Crippen molar-refractivity contribution in [2.45, 2.75) is 32.1 Å². The summed E-state index contributed by atoms with van der Waals surface area (Å²) in [6, 6.07) is 60.9. The first kappa shape index (κ1) is 34.8. The SMILES string of the molecule is CC1(C)c2cc(-c3ccccc3)ccc2N(c2ccccc2)c2cc3c4cc(-c5ccccc5)ccc4n(-c4nc(C5=CCCC=C5)nc(-c5ccccc5)n4)c3cc21. The Balaban J connectivity index is 1.22. The van der Waals surface area contributed by atoms with E-state index in [0.29, 0.717) is 17.6 Å². The maximum absolute atomic E-state index is 5.31. The van der Waals surface area contributed by atoms with Gasteiger partial charge in [-0.3, -0.25) is 4.57 Å². The molecule has 3 heterocycles. The number of para-hydroxylation sites is 1. The molecule has 2 aromatic heterocycles. The Morgan fingerprint density at radius 2 is 1.07 bits per heavy atom. The van der Waals surface area contributed by atoms with Gasteiger partial charge in [-0.05, 0) is 94.8 Å². The van der Waals surface area contributed by atoms with Gasteiger partial charge in [-0.15, -0.1) is 0 Å². The van der Waals surface area contributed by atoms with Crippen LogP contribution < -0.4 is 4.90 Å². The van der Waals surface area contributed by atoms with Crippen molar-refractivity contribution < 1.29 is 0 Å². The quantitative estimate of drug-likeness (QED) is 0.169. The molecule has 1 aliphatic heterocycles. The molecule has 0 N–H and O–H groups in total. The topological polar surface area (TPSA) is 46.8 Å². The van der Waals surface area contributed by atoms with E-state index in [1.807, 2.05) is 18.2 Å². The molecule has 0 radical (unpaired) electrons. The fourth-order valence-electron chi connectivity index (χ4n) is 9.03. The third-order valence-corrected chi connectivity index (χ3v) is 12.0. The monoisotopic (exact) mass is 759 g/mol. The Morgan fingerprint density at radius 3 is 1.75 bits per heavy atom. The molecule has 5 nitrogen and oxygen atoms in total. The number of anilines is 3. The summed E-state index contributed by atoms with van der Waals surface area (Å²) in [6.07, 6.45) is 8.57. The molecule has 0 amide bonds. The number of benzene rings is 7. The molecule has 0 unspecified atom stereocenters. The minimum Gasteiger partial charge on any atom is -0.310 e. The van der Waals surface area contributed by atoms with E-state index in [9.17, 15) is 0 Å². The Morgan fingerprint density at radius 1 is 0.475 bits per heavy atom. The van der Waals surface area contributed by atoms with Crippen LogP contribution in [0.15, 0.2) is 188 Å². The standard InChI is InChI=1S/C54H41N5/c1-54(2)45-33-41(37-20-10-4-11-21-37)29-31-48(45)58(42-26-16-7-17-27-42)50-34-44-43-32-40(36-18-8-3-9-19-36)28-30-47(43)59(49(44)35-46(50)54)53-56-51(38-22-12-5-13-23-38)55-52(57-53)39-24-14-6-15-25-39/h3-5,7-14,16-35H,6,15H2,1-2H3. The second-order valence-electron chi connectivity index (χ2n) is 16.0. The van der Waals surface area contributed by atoms with Gasteiger partial charge in [-0.25, -0.2) is 4.98 Å². The van der Waals surface area contributed by atoms with Gasteiger partial charge in [0.25, 0.3) is 0 Å². The Bertz CT molecular complexity index is 3110. The lowest BCUT2D eigenvalue weighted by Gasteiger charge is -2.42. The van der Waals surface area contributed by atoms with E-state index >= 15 is 0 Å². The fourth-order valence-corrected chi connectivity index (χ4v) is 9.03. The maximum Gasteiger partial charge on any atom is 0.238 e. The summed E-state index contributed by atoms with van der Waals surface area (Å²) in [6.45, 7) is 4.73. The maximum atomic E-state index is 5.31. The van der Waals surface area contributed by atoms with Crippen LogP contribution >= 0.6 is 0 Å². The highest BCUT2D eigenvalue weighted by Gasteiger charge is 2.38. The van der Waals surface area contributed by atoms with Crippen LogP contribution in [0.25, 0.3) is 67.0 Å². The van der Waals surface area contributed by atoms with Gasteiger partial charge < -0.3 is 4.90 Å². The summed E-state index contributed by atoms with van der Waals surface area (Å²) >= 11 is 0. The smallest absolute Gasteiger partial charge is 0.238 e. The van der Waals surface area contributed by atoms with Crippen molar-refractivity contribution in [1.82, 2.24) is 19.5 Å². The van der Waals surface area contributed by atoms with Crippen molar-refractivity contribution in [1.29, 1.82) is 0 Å². The molecule has 0 saturated carbocycles. The van der Waals surface area contributed by atoms with Gasteiger partial charge in [0.2, 0.25) is 5.95 Å². The van der Waals surface area contributed by atoms with Gasteiger partial charge in [0.1, 0.15) is 0 Å². The van der Waals surface area contributed by atoms with Crippen LogP contribution in [0, 0.1) is 0 Å². The lowest BCUT2D eigenvalue weighted by atomic mass is 9.72. The molecule has 7 aromatic carbocycles. The molecular weight excluding hydrogens is 719 g/mol. The van der Waals surface area contributed by atoms with E-state index in [2.05, 4.69) is 193 Å². The summed E-state index contributed by atoms with van der Waals surface area (Å²) < 4.78 is 2.27. The van der Waals surface area contributed by atoms with Gasteiger partial charge in [0, 0.05) is 33.0 Å². The molecule has 2 aliphatic rings. The molecule has 282 valence electrons. The summed E-state index contributed by atoms with van der Waals surface area (Å²) in [7, 11) is 0. The number of fused-ring (bicyclic) bond motifs is 5. The number of aromatic nitrogens is 4. The molecule has 0 spiro atoms. The van der Waals surface area contributed by atoms with Crippen LogP contribution in [-0.4, -0.2) is 19.5 Å². The van der Waals surface area contributed by atoms with Crippen molar-refractivity contribution in [3.8, 4) is 39.6 Å². The van der Waals surface area contributed by atoms with Gasteiger partial charge >= 0.3 is 0 Å². The minimum absolute atomic E-state index is 0.359. The molecule has 0 fully saturated rings. The second-order valence-corrected chi connectivity index (χ2v) is 16.0. The van der Waals surface area contributed by atoms with Crippen LogP contribution in [0.1, 0.15) is 43.6 Å². The zero-order chi connectivity index (χ0) is 39.5.